The highest BCUT2D eigenvalue weighted by atomic mass is 16.2. The predicted molar refractivity (Wildman–Crippen MR) is 84.1 cm³/mol. The van der Waals surface area contributed by atoms with E-state index in [4.69, 9.17) is 5.73 Å². The molecule has 1 atom stereocenters. The molecule has 5 nitrogen and oxygen atoms in total. The Morgan fingerprint density at radius 1 is 1.19 bits per heavy atom. The van der Waals surface area contributed by atoms with Gasteiger partial charge in [-0.05, 0) is 24.6 Å². The van der Waals surface area contributed by atoms with E-state index in [9.17, 15) is 4.79 Å². The third-order valence-corrected chi connectivity index (χ3v) is 3.86. The van der Waals surface area contributed by atoms with Gasteiger partial charge in [-0.1, -0.05) is 30.3 Å². The second kappa shape index (κ2) is 5.09. The number of likely N-dealkylation sites (N-methyl/N-ethyl adjacent to an activating group) is 1. The minimum Gasteiger partial charge on any atom is -0.384 e. The van der Waals surface area contributed by atoms with E-state index in [1.54, 1.807) is 18.0 Å². The van der Waals surface area contributed by atoms with Gasteiger partial charge in [-0.25, -0.2) is 4.98 Å². The van der Waals surface area contributed by atoms with Gasteiger partial charge in [-0.3, -0.25) is 4.79 Å². The molecule has 108 valence electrons. The number of aromatic nitrogens is 1. The second-order valence-electron chi connectivity index (χ2n) is 5.27. The van der Waals surface area contributed by atoms with Crippen LogP contribution in [0.3, 0.4) is 0 Å². The third-order valence-electron chi connectivity index (χ3n) is 3.86. The molecule has 3 rings (SSSR count). The van der Waals surface area contributed by atoms with Crippen molar-refractivity contribution < 1.29 is 4.79 Å². The Kier molecular flexibility index (Phi) is 3.25. The van der Waals surface area contributed by atoms with Gasteiger partial charge in [0.15, 0.2) is 5.82 Å². The Morgan fingerprint density at radius 2 is 1.90 bits per heavy atom. The number of nitrogens with two attached hydrogens (primary N) is 1. The fourth-order valence-electron chi connectivity index (χ4n) is 2.64. The molecule has 0 saturated carbocycles. The molecule has 1 aliphatic heterocycles. The molecule has 0 spiro atoms. The van der Waals surface area contributed by atoms with E-state index < -0.39 is 0 Å². The van der Waals surface area contributed by atoms with E-state index in [0.717, 1.165) is 17.1 Å². The molecule has 0 saturated heterocycles. The number of pyridine rings is 1. The third kappa shape index (κ3) is 2.31. The summed E-state index contributed by atoms with van der Waals surface area (Å²) in [6.45, 7) is 2.53. The number of fused-ring (bicyclic) bond motifs is 1. The van der Waals surface area contributed by atoms with Crippen molar-refractivity contribution in [2.24, 2.45) is 0 Å². The first kappa shape index (κ1) is 13.4. The van der Waals surface area contributed by atoms with Gasteiger partial charge < -0.3 is 15.5 Å². The lowest BCUT2D eigenvalue weighted by atomic mass is 10.1. The van der Waals surface area contributed by atoms with Gasteiger partial charge in [0.1, 0.15) is 11.9 Å². The van der Waals surface area contributed by atoms with Gasteiger partial charge >= 0.3 is 0 Å². The van der Waals surface area contributed by atoms with Crippen LogP contribution >= 0.6 is 0 Å². The number of hydrogen-bond acceptors (Lipinski definition) is 4. The molecule has 5 heteroatoms. The quantitative estimate of drug-likeness (QED) is 0.915. The zero-order valence-electron chi connectivity index (χ0n) is 12.2. The number of carbonyl (C=O) groups excluding carboxylic acids is 1. The molecule has 1 aromatic carbocycles. The fourth-order valence-corrected chi connectivity index (χ4v) is 2.64. The van der Waals surface area contributed by atoms with Crippen LogP contribution in [0.15, 0.2) is 42.5 Å². The van der Waals surface area contributed by atoms with Crippen LogP contribution in [0.2, 0.25) is 0 Å². The molecule has 1 aliphatic rings. The zero-order chi connectivity index (χ0) is 15.0. The maximum atomic E-state index is 12.4. The van der Waals surface area contributed by atoms with E-state index in [2.05, 4.69) is 4.98 Å². The van der Waals surface area contributed by atoms with Crippen LogP contribution < -0.4 is 15.5 Å². The Bertz CT molecular complexity index is 671. The van der Waals surface area contributed by atoms with Crippen LogP contribution in [0.5, 0.6) is 0 Å². The molecule has 1 amide bonds. The second-order valence-corrected chi connectivity index (χ2v) is 5.27. The number of rotatable bonds is 2. The molecule has 0 bridgehead atoms. The maximum absolute atomic E-state index is 12.4. The Hall–Kier alpha value is -2.56. The van der Waals surface area contributed by atoms with Crippen molar-refractivity contribution in [1.29, 1.82) is 0 Å². The first-order chi connectivity index (χ1) is 10.1. The van der Waals surface area contributed by atoms with Crippen molar-refractivity contribution in [1.82, 2.24) is 4.98 Å². The Balaban J connectivity index is 2.05. The first-order valence-corrected chi connectivity index (χ1v) is 6.92. The number of anilines is 3. The molecule has 2 aromatic rings. The molecular weight excluding hydrogens is 264 g/mol. The first-order valence-electron chi connectivity index (χ1n) is 6.92. The summed E-state index contributed by atoms with van der Waals surface area (Å²) >= 11 is 0. The van der Waals surface area contributed by atoms with Crippen molar-refractivity contribution in [2.75, 3.05) is 22.6 Å². The predicted octanol–water partition coefficient (Wildman–Crippen LogP) is 2.04. The molecular formula is C16H18N4O. The summed E-state index contributed by atoms with van der Waals surface area (Å²) in [5.41, 5.74) is 7.75. The van der Waals surface area contributed by atoms with E-state index in [-0.39, 0.29) is 11.9 Å². The standard InChI is InChI=1S/C16H18N4O/c1-11-16(21)19(2)13-8-9-14(17)18-15(13)20(11)10-12-6-4-3-5-7-12/h3-9,11H,10H2,1-2H3,(H2,17,18)/t11-/m1/s1. The van der Waals surface area contributed by atoms with Crippen LogP contribution in [-0.4, -0.2) is 24.0 Å². The van der Waals surface area contributed by atoms with Gasteiger partial charge in [0.2, 0.25) is 5.91 Å². The largest absolute Gasteiger partial charge is 0.384 e. The van der Waals surface area contributed by atoms with E-state index >= 15 is 0 Å². The Morgan fingerprint density at radius 3 is 2.62 bits per heavy atom. The summed E-state index contributed by atoms with van der Waals surface area (Å²) in [7, 11) is 1.77. The van der Waals surface area contributed by atoms with Crippen molar-refractivity contribution >= 4 is 23.2 Å². The van der Waals surface area contributed by atoms with E-state index in [1.165, 1.54) is 0 Å². The molecule has 0 aliphatic carbocycles. The number of benzene rings is 1. The fraction of sp³-hybridized carbons (Fsp3) is 0.250. The lowest BCUT2D eigenvalue weighted by Crippen LogP contribution is -2.50. The van der Waals surface area contributed by atoms with E-state index in [0.29, 0.717) is 12.4 Å². The summed E-state index contributed by atoms with van der Waals surface area (Å²) in [5, 5.41) is 0. The van der Waals surface area contributed by atoms with Gasteiger partial charge in [-0.15, -0.1) is 0 Å². The highest BCUT2D eigenvalue weighted by Crippen LogP contribution is 2.35. The zero-order valence-corrected chi connectivity index (χ0v) is 12.2. The van der Waals surface area contributed by atoms with Crippen LogP contribution in [0.4, 0.5) is 17.3 Å². The van der Waals surface area contributed by atoms with Crippen LogP contribution in [0.1, 0.15) is 12.5 Å². The monoisotopic (exact) mass is 282 g/mol. The maximum Gasteiger partial charge on any atom is 0.249 e. The molecule has 21 heavy (non-hydrogen) atoms. The topological polar surface area (TPSA) is 62.5 Å². The Labute approximate surface area is 124 Å². The lowest BCUT2D eigenvalue weighted by Gasteiger charge is -2.39. The number of nitrogen functional groups attached to an aromatic ring is 1. The van der Waals surface area contributed by atoms with Gasteiger partial charge in [-0.2, -0.15) is 0 Å². The number of nitrogens with zero attached hydrogens (tertiary/aromatic N) is 3. The molecule has 0 fully saturated rings. The number of amides is 1. The molecule has 2 heterocycles. The summed E-state index contributed by atoms with van der Waals surface area (Å²) < 4.78 is 0. The highest BCUT2D eigenvalue weighted by molar-refractivity contribution is 6.04. The van der Waals surface area contributed by atoms with Crippen molar-refractivity contribution in [3.63, 3.8) is 0 Å². The summed E-state index contributed by atoms with van der Waals surface area (Å²) in [6.07, 6.45) is 0. The van der Waals surface area contributed by atoms with Crippen molar-refractivity contribution in [3.8, 4) is 0 Å². The van der Waals surface area contributed by atoms with Crippen molar-refractivity contribution in [2.45, 2.75) is 19.5 Å². The van der Waals surface area contributed by atoms with E-state index in [1.807, 2.05) is 48.2 Å². The van der Waals surface area contributed by atoms with Gasteiger partial charge in [0, 0.05) is 13.6 Å². The SMILES string of the molecule is C[C@@H]1C(=O)N(C)c2ccc(N)nc2N1Cc1ccccc1. The van der Waals surface area contributed by atoms with Crippen molar-refractivity contribution in [3.05, 3.63) is 48.0 Å². The highest BCUT2D eigenvalue weighted by Gasteiger charge is 2.34. The number of carbonyl (C=O) groups is 1. The summed E-state index contributed by atoms with van der Waals surface area (Å²) in [5.74, 6) is 1.28. The molecule has 0 radical (unpaired) electrons. The van der Waals surface area contributed by atoms with Crippen LogP contribution in [-0.2, 0) is 11.3 Å². The minimum atomic E-state index is -0.267. The average molecular weight is 282 g/mol. The van der Waals surface area contributed by atoms with Crippen LogP contribution in [0, 0.1) is 0 Å². The van der Waals surface area contributed by atoms with Gasteiger partial charge in [0.25, 0.3) is 0 Å². The molecule has 2 N–H and O–H groups in total. The molecule has 1 aromatic heterocycles. The lowest BCUT2D eigenvalue weighted by molar-refractivity contribution is -0.119. The average Bonchev–Trinajstić information content (AvgIpc) is 2.50. The van der Waals surface area contributed by atoms with Crippen LogP contribution in [0.25, 0.3) is 0 Å². The molecule has 0 unspecified atom stereocenters. The number of hydrogen-bond donors (Lipinski definition) is 1. The summed E-state index contributed by atoms with van der Waals surface area (Å²) in [4.78, 5) is 20.5. The smallest absolute Gasteiger partial charge is 0.249 e. The summed E-state index contributed by atoms with van der Waals surface area (Å²) in [6, 6.07) is 13.3. The minimum absolute atomic E-state index is 0.0602. The van der Waals surface area contributed by atoms with Gasteiger partial charge in [0.05, 0.1) is 5.69 Å². The normalized spacial score (nSPS) is 17.8.